The molecule has 0 unspecified atom stereocenters. The van der Waals surface area contributed by atoms with Crippen molar-refractivity contribution in [3.8, 4) is 0 Å². The Morgan fingerprint density at radius 3 is 2.33 bits per heavy atom. The predicted octanol–water partition coefficient (Wildman–Crippen LogP) is 1.85. The number of hydrogen-bond acceptors (Lipinski definition) is 5. The summed E-state index contributed by atoms with van der Waals surface area (Å²) in [6, 6.07) is -0.372. The summed E-state index contributed by atoms with van der Waals surface area (Å²) < 4.78 is 5.63. The minimum atomic E-state index is -1.68. The molecule has 0 spiro atoms. The molecule has 0 bridgehead atoms. The van der Waals surface area contributed by atoms with Crippen molar-refractivity contribution in [1.29, 1.82) is 0 Å². The molecule has 0 aromatic carbocycles. The summed E-state index contributed by atoms with van der Waals surface area (Å²) in [6.45, 7) is 12.3. The van der Waals surface area contributed by atoms with Crippen molar-refractivity contribution in [2.45, 2.75) is 84.4 Å². The molecule has 156 valence electrons. The molecule has 0 saturated carbocycles. The van der Waals surface area contributed by atoms with Gasteiger partial charge in [0.15, 0.2) is 0 Å². The summed E-state index contributed by atoms with van der Waals surface area (Å²) in [7, 11) is 1.54. The first-order valence-electron chi connectivity index (χ1n) is 9.98. The van der Waals surface area contributed by atoms with Gasteiger partial charge < -0.3 is 20.3 Å². The topological polar surface area (TPSA) is 87.7 Å². The van der Waals surface area contributed by atoms with Crippen molar-refractivity contribution in [1.82, 2.24) is 15.5 Å². The highest BCUT2D eigenvalue weighted by molar-refractivity contribution is 6.10. The third-order valence-electron chi connectivity index (χ3n) is 4.61. The smallest absolute Gasteiger partial charge is 0.342 e. The van der Waals surface area contributed by atoms with Gasteiger partial charge >= 0.3 is 5.97 Å². The van der Waals surface area contributed by atoms with Crippen LogP contribution in [0.15, 0.2) is 0 Å². The van der Waals surface area contributed by atoms with Gasteiger partial charge in [0.2, 0.25) is 11.4 Å². The molecule has 2 atom stereocenters. The standard InChI is InChI=1S/C20H37N3O4/c1-8-11-22-17(25)20(13-14(2)3,18(26)27-19(4,5)6)23(7)16(24)15-10-9-12-21-15/h14-15,21H,8-13H2,1-7H3,(H,22,25)/t15-,20-/m0/s1. The number of hydrogen-bond donors (Lipinski definition) is 2. The second-order valence-electron chi connectivity index (χ2n) is 8.76. The van der Waals surface area contributed by atoms with E-state index >= 15 is 0 Å². The van der Waals surface area contributed by atoms with Gasteiger partial charge in [0.25, 0.3) is 5.91 Å². The number of nitrogens with zero attached hydrogens (tertiary/aromatic N) is 1. The number of amides is 2. The fourth-order valence-electron chi connectivity index (χ4n) is 3.35. The Kier molecular flexibility index (Phi) is 8.26. The van der Waals surface area contributed by atoms with E-state index in [0.29, 0.717) is 13.0 Å². The first-order valence-corrected chi connectivity index (χ1v) is 9.98. The zero-order chi connectivity index (χ0) is 20.8. The Morgan fingerprint density at radius 2 is 1.89 bits per heavy atom. The van der Waals surface area contributed by atoms with E-state index in [4.69, 9.17) is 4.74 Å². The summed E-state index contributed by atoms with van der Waals surface area (Å²) in [5, 5.41) is 5.97. The molecule has 1 heterocycles. The van der Waals surface area contributed by atoms with Crippen LogP contribution in [-0.2, 0) is 19.1 Å². The lowest BCUT2D eigenvalue weighted by atomic mass is 9.85. The van der Waals surface area contributed by atoms with Gasteiger partial charge in [-0.3, -0.25) is 9.59 Å². The molecule has 27 heavy (non-hydrogen) atoms. The molecule has 1 saturated heterocycles. The summed E-state index contributed by atoms with van der Waals surface area (Å²) in [5.41, 5.74) is -2.45. The maximum Gasteiger partial charge on any atom is 0.342 e. The minimum Gasteiger partial charge on any atom is -0.458 e. The van der Waals surface area contributed by atoms with Gasteiger partial charge in [0.05, 0.1) is 6.04 Å². The van der Waals surface area contributed by atoms with Crippen LogP contribution in [0.4, 0.5) is 0 Å². The van der Waals surface area contributed by atoms with Crippen molar-refractivity contribution in [3.05, 3.63) is 0 Å². The van der Waals surface area contributed by atoms with Crippen LogP contribution in [0.25, 0.3) is 0 Å². The van der Waals surface area contributed by atoms with E-state index in [1.807, 2.05) is 20.8 Å². The number of ether oxygens (including phenoxy) is 1. The maximum absolute atomic E-state index is 13.3. The average Bonchev–Trinajstić information content (AvgIpc) is 3.08. The highest BCUT2D eigenvalue weighted by Crippen LogP contribution is 2.29. The van der Waals surface area contributed by atoms with Crippen LogP contribution in [0.5, 0.6) is 0 Å². The van der Waals surface area contributed by atoms with Crippen molar-refractivity contribution >= 4 is 17.8 Å². The van der Waals surface area contributed by atoms with Gasteiger partial charge in [-0.2, -0.15) is 0 Å². The Labute approximate surface area is 163 Å². The Balaban J connectivity index is 3.36. The molecule has 0 aliphatic carbocycles. The summed E-state index contributed by atoms with van der Waals surface area (Å²) in [5.74, 6) is -1.38. The second-order valence-corrected chi connectivity index (χ2v) is 8.76. The molecule has 2 N–H and O–H groups in total. The number of nitrogens with one attached hydrogen (secondary N) is 2. The Morgan fingerprint density at radius 1 is 1.26 bits per heavy atom. The molecular weight excluding hydrogens is 346 g/mol. The van der Waals surface area contributed by atoms with E-state index in [1.165, 1.54) is 4.90 Å². The number of carbonyl (C=O) groups excluding carboxylic acids is 3. The predicted molar refractivity (Wildman–Crippen MR) is 105 cm³/mol. The lowest BCUT2D eigenvalue weighted by molar-refractivity contribution is -0.178. The Bertz CT molecular complexity index is 536. The first kappa shape index (κ1) is 23.4. The molecule has 0 aromatic heterocycles. The summed E-state index contributed by atoms with van der Waals surface area (Å²) in [4.78, 5) is 40.9. The number of carbonyl (C=O) groups is 3. The monoisotopic (exact) mass is 383 g/mol. The molecule has 2 amide bonds. The van der Waals surface area contributed by atoms with E-state index in [-0.39, 0.29) is 24.3 Å². The molecule has 7 nitrogen and oxygen atoms in total. The van der Waals surface area contributed by atoms with E-state index < -0.39 is 23.0 Å². The largest absolute Gasteiger partial charge is 0.458 e. The zero-order valence-electron chi connectivity index (χ0n) is 18.0. The van der Waals surface area contributed by atoms with Crippen LogP contribution in [0.3, 0.4) is 0 Å². The van der Waals surface area contributed by atoms with Gasteiger partial charge in [0.1, 0.15) is 5.60 Å². The highest BCUT2D eigenvalue weighted by Gasteiger charge is 2.54. The average molecular weight is 384 g/mol. The molecule has 1 aliphatic rings. The van der Waals surface area contributed by atoms with Crippen LogP contribution in [0, 0.1) is 5.92 Å². The molecule has 1 aliphatic heterocycles. The quantitative estimate of drug-likeness (QED) is 0.493. The molecule has 7 heteroatoms. The lowest BCUT2D eigenvalue weighted by Crippen LogP contribution is -2.67. The van der Waals surface area contributed by atoms with Gasteiger partial charge in [-0.25, -0.2) is 4.79 Å². The molecule has 1 fully saturated rings. The fourth-order valence-corrected chi connectivity index (χ4v) is 3.35. The lowest BCUT2D eigenvalue weighted by Gasteiger charge is -2.41. The van der Waals surface area contributed by atoms with Crippen molar-refractivity contribution in [2.75, 3.05) is 20.1 Å². The number of rotatable bonds is 8. The van der Waals surface area contributed by atoms with Crippen LogP contribution < -0.4 is 10.6 Å². The minimum absolute atomic E-state index is 0.0108. The first-order chi connectivity index (χ1) is 12.5. The normalized spacial score (nSPS) is 19.5. The van der Waals surface area contributed by atoms with Crippen LogP contribution >= 0.6 is 0 Å². The number of esters is 1. The summed E-state index contributed by atoms with van der Waals surface area (Å²) >= 11 is 0. The second kappa shape index (κ2) is 9.53. The third-order valence-corrected chi connectivity index (χ3v) is 4.61. The van der Waals surface area contributed by atoms with Gasteiger partial charge in [-0.1, -0.05) is 20.8 Å². The number of likely N-dealkylation sites (N-methyl/N-ethyl adjacent to an activating group) is 1. The van der Waals surface area contributed by atoms with E-state index in [9.17, 15) is 14.4 Å². The molecular formula is C20H37N3O4. The Hall–Kier alpha value is -1.63. The molecule has 0 aromatic rings. The van der Waals surface area contributed by atoms with Gasteiger partial charge in [-0.15, -0.1) is 0 Å². The van der Waals surface area contributed by atoms with Crippen molar-refractivity contribution in [2.24, 2.45) is 5.92 Å². The highest BCUT2D eigenvalue weighted by atomic mass is 16.6. The maximum atomic E-state index is 13.3. The van der Waals surface area contributed by atoms with Gasteiger partial charge in [0, 0.05) is 13.6 Å². The fraction of sp³-hybridized carbons (Fsp3) is 0.850. The molecule has 1 rings (SSSR count). The van der Waals surface area contributed by atoms with Crippen LogP contribution in [0.2, 0.25) is 0 Å². The van der Waals surface area contributed by atoms with E-state index in [0.717, 1.165) is 19.4 Å². The van der Waals surface area contributed by atoms with Gasteiger partial charge in [-0.05, 0) is 58.9 Å². The van der Waals surface area contributed by atoms with E-state index in [1.54, 1.807) is 27.8 Å². The van der Waals surface area contributed by atoms with E-state index in [2.05, 4.69) is 10.6 Å². The van der Waals surface area contributed by atoms with Crippen LogP contribution in [-0.4, -0.2) is 60.0 Å². The van der Waals surface area contributed by atoms with Crippen molar-refractivity contribution in [3.63, 3.8) is 0 Å². The summed E-state index contributed by atoms with van der Waals surface area (Å²) in [6.07, 6.45) is 2.54. The SMILES string of the molecule is CCCNC(=O)[C@@](CC(C)C)(C(=O)OC(C)(C)C)N(C)C(=O)[C@@H]1CCCN1. The molecule has 0 radical (unpaired) electrons. The zero-order valence-corrected chi connectivity index (χ0v) is 18.0. The van der Waals surface area contributed by atoms with Crippen LogP contribution in [0.1, 0.15) is 67.2 Å². The third kappa shape index (κ3) is 5.92. The van der Waals surface area contributed by atoms with Crippen molar-refractivity contribution < 1.29 is 19.1 Å².